The fourth-order valence-corrected chi connectivity index (χ4v) is 0.546. The van der Waals surface area contributed by atoms with E-state index in [9.17, 15) is 9.59 Å². The summed E-state index contributed by atoms with van der Waals surface area (Å²) in [5.41, 5.74) is 2.36. The lowest BCUT2D eigenvalue weighted by molar-refractivity contribution is -0.137. The van der Waals surface area contributed by atoms with Gasteiger partial charge in [-0.2, -0.15) is 0 Å². The molecule has 0 spiro atoms. The largest absolute Gasteiger partial charge is 0.462 e. The molecule has 0 aromatic rings. The third kappa shape index (κ3) is 6.84. The van der Waals surface area contributed by atoms with Crippen LogP contribution in [-0.4, -0.2) is 25.2 Å². The first-order valence-corrected chi connectivity index (χ1v) is 3.96. The van der Waals surface area contributed by atoms with Crippen LogP contribution in [-0.2, 0) is 19.1 Å². The van der Waals surface area contributed by atoms with Crippen molar-refractivity contribution in [3.63, 3.8) is 0 Å². The van der Waals surface area contributed by atoms with Crippen LogP contribution in [0.25, 0.3) is 0 Å². The molecular formula is C9H12O4. The van der Waals surface area contributed by atoms with E-state index in [2.05, 4.69) is 15.2 Å². The first-order chi connectivity index (χ1) is 6.20. The van der Waals surface area contributed by atoms with Gasteiger partial charge in [0.25, 0.3) is 0 Å². The normalized spacial score (nSPS) is 8.15. The Kier molecular flexibility index (Phi) is 6.28. The topological polar surface area (TPSA) is 52.6 Å². The van der Waals surface area contributed by atoms with Crippen LogP contribution in [0.3, 0.4) is 0 Å². The highest BCUT2D eigenvalue weighted by Gasteiger charge is 1.93. The third-order valence-electron chi connectivity index (χ3n) is 0.976. The van der Waals surface area contributed by atoms with Gasteiger partial charge in [0.05, 0.1) is 25.4 Å². The molecule has 0 unspecified atom stereocenters. The van der Waals surface area contributed by atoms with Crippen LogP contribution >= 0.6 is 0 Å². The number of carbonyl (C=O) groups excluding carboxylic acids is 2. The van der Waals surface area contributed by atoms with Crippen molar-refractivity contribution in [2.75, 3.05) is 13.2 Å². The number of rotatable bonds is 4. The van der Waals surface area contributed by atoms with Gasteiger partial charge in [-0.1, -0.05) is 0 Å². The van der Waals surface area contributed by atoms with E-state index in [0.29, 0.717) is 13.2 Å². The molecule has 0 aliphatic carbocycles. The minimum absolute atomic E-state index is 0.302. The van der Waals surface area contributed by atoms with Crippen LogP contribution in [0.4, 0.5) is 0 Å². The predicted octanol–water partition coefficient (Wildman–Crippen LogP) is 0.824. The van der Waals surface area contributed by atoms with E-state index in [-0.39, 0.29) is 0 Å². The fourth-order valence-electron chi connectivity index (χ4n) is 0.546. The van der Waals surface area contributed by atoms with Crippen molar-refractivity contribution in [2.24, 2.45) is 0 Å². The van der Waals surface area contributed by atoms with Crippen molar-refractivity contribution in [3.8, 4) is 0 Å². The summed E-state index contributed by atoms with van der Waals surface area (Å²) in [6.07, 6.45) is 2.08. The minimum Gasteiger partial charge on any atom is -0.462 e. The van der Waals surface area contributed by atoms with Gasteiger partial charge in [0.15, 0.2) is 0 Å². The Balaban J connectivity index is 3.94. The maximum atomic E-state index is 10.7. The van der Waals surface area contributed by atoms with Gasteiger partial charge in [-0.3, -0.25) is 0 Å². The smallest absolute Gasteiger partial charge is 0.338 e. The maximum Gasteiger partial charge on any atom is 0.338 e. The van der Waals surface area contributed by atoms with Gasteiger partial charge in [-0.15, -0.1) is 5.73 Å². The third-order valence-corrected chi connectivity index (χ3v) is 0.976. The summed E-state index contributed by atoms with van der Waals surface area (Å²) in [5, 5.41) is 0. The van der Waals surface area contributed by atoms with Gasteiger partial charge in [-0.05, 0) is 13.8 Å². The van der Waals surface area contributed by atoms with Crippen molar-refractivity contribution in [2.45, 2.75) is 13.8 Å². The molecule has 0 heterocycles. The average Bonchev–Trinajstić information content (AvgIpc) is 2.05. The van der Waals surface area contributed by atoms with Crippen LogP contribution in [0, 0.1) is 0 Å². The van der Waals surface area contributed by atoms with Gasteiger partial charge in [0.2, 0.25) is 0 Å². The van der Waals surface area contributed by atoms with Gasteiger partial charge >= 0.3 is 11.9 Å². The number of hydrogen-bond acceptors (Lipinski definition) is 4. The molecule has 0 aromatic heterocycles. The predicted molar refractivity (Wildman–Crippen MR) is 45.9 cm³/mol. The Hall–Kier alpha value is -1.54. The molecule has 0 saturated heterocycles. The molecular weight excluding hydrogens is 172 g/mol. The summed E-state index contributed by atoms with van der Waals surface area (Å²) < 4.78 is 9.11. The Bertz CT molecular complexity index is 214. The zero-order chi connectivity index (χ0) is 10.1. The quantitative estimate of drug-likeness (QED) is 0.369. The van der Waals surface area contributed by atoms with Crippen LogP contribution in [0.15, 0.2) is 17.9 Å². The summed E-state index contributed by atoms with van der Waals surface area (Å²) in [4.78, 5) is 21.3. The van der Waals surface area contributed by atoms with Crippen LogP contribution in [0.1, 0.15) is 13.8 Å². The molecule has 0 aromatic carbocycles. The van der Waals surface area contributed by atoms with Gasteiger partial charge in [-0.25, -0.2) is 9.59 Å². The second-order valence-electron chi connectivity index (χ2n) is 1.96. The second kappa shape index (κ2) is 7.13. The van der Waals surface area contributed by atoms with E-state index in [1.165, 1.54) is 0 Å². The number of carbonyl (C=O) groups is 2. The minimum atomic E-state index is -0.525. The van der Waals surface area contributed by atoms with Crippen molar-refractivity contribution < 1.29 is 19.1 Å². The lowest BCUT2D eigenvalue weighted by Gasteiger charge is -1.92. The molecule has 0 amide bonds. The highest BCUT2D eigenvalue weighted by atomic mass is 16.5. The summed E-state index contributed by atoms with van der Waals surface area (Å²) in [6, 6.07) is 0. The Morgan fingerprint density at radius 2 is 1.46 bits per heavy atom. The van der Waals surface area contributed by atoms with Gasteiger partial charge in [0, 0.05) is 0 Å². The van der Waals surface area contributed by atoms with Crippen molar-refractivity contribution in [1.82, 2.24) is 0 Å². The lowest BCUT2D eigenvalue weighted by Crippen LogP contribution is -1.99. The van der Waals surface area contributed by atoms with E-state index in [1.54, 1.807) is 13.8 Å². The summed E-state index contributed by atoms with van der Waals surface area (Å²) in [6.45, 7) is 3.99. The fraction of sp³-hybridized carbons (Fsp3) is 0.444. The average molecular weight is 184 g/mol. The summed E-state index contributed by atoms with van der Waals surface area (Å²) in [7, 11) is 0. The summed E-state index contributed by atoms with van der Waals surface area (Å²) in [5.74, 6) is -1.05. The van der Waals surface area contributed by atoms with Gasteiger partial charge in [0.1, 0.15) is 0 Å². The van der Waals surface area contributed by atoms with E-state index in [4.69, 9.17) is 0 Å². The van der Waals surface area contributed by atoms with Crippen molar-refractivity contribution >= 4 is 11.9 Å². The molecule has 4 nitrogen and oxygen atoms in total. The Morgan fingerprint density at radius 3 is 1.77 bits per heavy atom. The Morgan fingerprint density at radius 1 is 1.08 bits per heavy atom. The molecule has 72 valence electrons. The van der Waals surface area contributed by atoms with Crippen molar-refractivity contribution in [1.29, 1.82) is 0 Å². The molecule has 0 radical (unpaired) electrons. The van der Waals surface area contributed by atoms with E-state index >= 15 is 0 Å². The van der Waals surface area contributed by atoms with E-state index in [0.717, 1.165) is 12.2 Å². The number of ether oxygens (including phenoxy) is 2. The maximum absolute atomic E-state index is 10.7. The first-order valence-electron chi connectivity index (χ1n) is 3.96. The summed E-state index contributed by atoms with van der Waals surface area (Å²) >= 11 is 0. The molecule has 4 heteroatoms. The van der Waals surface area contributed by atoms with E-state index < -0.39 is 11.9 Å². The molecule has 0 aliphatic rings. The zero-order valence-electron chi connectivity index (χ0n) is 7.70. The van der Waals surface area contributed by atoms with Crippen molar-refractivity contribution in [3.05, 3.63) is 17.9 Å². The molecule has 0 atom stereocenters. The molecule has 0 rings (SSSR count). The van der Waals surface area contributed by atoms with Crippen LogP contribution in [0.5, 0.6) is 0 Å². The zero-order valence-corrected chi connectivity index (χ0v) is 7.70. The Labute approximate surface area is 76.8 Å². The molecule has 0 fully saturated rings. The highest BCUT2D eigenvalue weighted by molar-refractivity contribution is 5.85. The molecule has 0 aliphatic heterocycles. The lowest BCUT2D eigenvalue weighted by atomic mass is 10.5. The highest BCUT2D eigenvalue weighted by Crippen LogP contribution is 1.81. The standard InChI is InChI=1S/C9H12O4/c1-3-12-8(10)6-5-7-9(11)13-4-2/h6-7H,3-4H2,1-2H3. The van der Waals surface area contributed by atoms with Gasteiger partial charge < -0.3 is 9.47 Å². The van der Waals surface area contributed by atoms with Crippen LogP contribution < -0.4 is 0 Å². The monoisotopic (exact) mass is 184 g/mol. The van der Waals surface area contributed by atoms with Crippen LogP contribution in [0.2, 0.25) is 0 Å². The number of hydrogen-bond donors (Lipinski definition) is 0. The van der Waals surface area contributed by atoms with E-state index in [1.807, 2.05) is 0 Å². The molecule has 13 heavy (non-hydrogen) atoms. The second-order valence-corrected chi connectivity index (χ2v) is 1.96. The molecule has 0 N–H and O–H groups in total. The first kappa shape index (κ1) is 11.5. The molecule has 0 bridgehead atoms. The SMILES string of the molecule is CCOC(=O)C=C=CC(=O)OCC. The number of esters is 2. The molecule has 0 saturated carbocycles.